The highest BCUT2D eigenvalue weighted by atomic mass is 15.5. The summed E-state index contributed by atoms with van der Waals surface area (Å²) in [5.74, 6) is 0. The molecule has 0 bridgehead atoms. The van der Waals surface area contributed by atoms with Gasteiger partial charge in [0, 0.05) is 6.04 Å². The highest BCUT2D eigenvalue weighted by Crippen LogP contribution is 2.27. The predicted octanol–water partition coefficient (Wildman–Crippen LogP) is 5.23. The Morgan fingerprint density at radius 2 is 1.64 bits per heavy atom. The second-order valence-corrected chi connectivity index (χ2v) is 6.42. The molecule has 22 heavy (non-hydrogen) atoms. The molecule has 0 aliphatic carbocycles. The van der Waals surface area contributed by atoms with Gasteiger partial charge in [-0.2, -0.15) is 0 Å². The number of hydrazine groups is 1. The smallest absolute Gasteiger partial charge is 0.0583 e. The highest BCUT2D eigenvalue weighted by molar-refractivity contribution is 5.64. The monoisotopic (exact) mass is 296 g/mol. The molecule has 2 aromatic rings. The van der Waals surface area contributed by atoms with Gasteiger partial charge in [-0.25, -0.2) is 5.43 Å². The lowest BCUT2D eigenvalue weighted by molar-refractivity contribution is 0.599. The third-order valence-electron chi connectivity index (χ3n) is 3.92. The van der Waals surface area contributed by atoms with Crippen molar-refractivity contribution in [1.29, 1.82) is 0 Å². The Balaban J connectivity index is 2.49. The number of aryl methyl sites for hydroxylation is 4. The normalized spacial score (nSPS) is 11.0. The largest absolute Gasteiger partial charge is 0.277 e. The molecular weight excluding hydrogens is 268 g/mol. The van der Waals surface area contributed by atoms with Crippen molar-refractivity contribution in [1.82, 2.24) is 5.43 Å². The van der Waals surface area contributed by atoms with Crippen LogP contribution in [0.25, 0.3) is 0 Å². The van der Waals surface area contributed by atoms with Gasteiger partial charge in [0.1, 0.15) is 0 Å². The van der Waals surface area contributed by atoms with Crippen LogP contribution in [-0.4, -0.2) is 6.04 Å². The van der Waals surface area contributed by atoms with Gasteiger partial charge in [0.25, 0.3) is 0 Å². The first-order valence-corrected chi connectivity index (χ1v) is 8.14. The quantitative estimate of drug-likeness (QED) is 0.760. The van der Waals surface area contributed by atoms with E-state index in [4.69, 9.17) is 0 Å². The van der Waals surface area contributed by atoms with Crippen molar-refractivity contribution < 1.29 is 0 Å². The summed E-state index contributed by atoms with van der Waals surface area (Å²) in [5.41, 5.74) is 11.3. The summed E-state index contributed by atoms with van der Waals surface area (Å²) >= 11 is 0. The maximum Gasteiger partial charge on any atom is 0.0583 e. The van der Waals surface area contributed by atoms with Crippen LogP contribution in [0.15, 0.2) is 36.4 Å². The SMILES string of the molecule is CCc1cc(C)cc(N(NC(C)C)c2ccc(C)c(C)c2)c1. The maximum absolute atomic E-state index is 3.57. The lowest BCUT2D eigenvalue weighted by Gasteiger charge is -2.29. The number of hydrogen-bond acceptors (Lipinski definition) is 2. The van der Waals surface area contributed by atoms with E-state index < -0.39 is 0 Å². The highest BCUT2D eigenvalue weighted by Gasteiger charge is 2.12. The van der Waals surface area contributed by atoms with Gasteiger partial charge in [0.05, 0.1) is 11.4 Å². The van der Waals surface area contributed by atoms with Gasteiger partial charge in [0.2, 0.25) is 0 Å². The molecule has 0 aliphatic rings. The van der Waals surface area contributed by atoms with E-state index in [2.05, 4.69) is 88.4 Å². The van der Waals surface area contributed by atoms with Crippen LogP contribution < -0.4 is 10.4 Å². The van der Waals surface area contributed by atoms with E-state index in [1.807, 2.05) is 0 Å². The topological polar surface area (TPSA) is 15.3 Å². The van der Waals surface area contributed by atoms with Crippen LogP contribution in [0.4, 0.5) is 11.4 Å². The molecule has 0 atom stereocenters. The number of rotatable bonds is 5. The summed E-state index contributed by atoms with van der Waals surface area (Å²) < 4.78 is 0. The number of anilines is 2. The zero-order valence-electron chi connectivity index (χ0n) is 14.7. The minimum absolute atomic E-state index is 0.368. The molecule has 0 spiro atoms. The Morgan fingerprint density at radius 1 is 0.909 bits per heavy atom. The lowest BCUT2D eigenvalue weighted by atomic mass is 10.1. The van der Waals surface area contributed by atoms with Crippen LogP contribution >= 0.6 is 0 Å². The van der Waals surface area contributed by atoms with E-state index in [0.29, 0.717) is 6.04 Å². The molecule has 2 aromatic carbocycles. The molecule has 0 aromatic heterocycles. The van der Waals surface area contributed by atoms with E-state index >= 15 is 0 Å². The van der Waals surface area contributed by atoms with Crippen LogP contribution in [0, 0.1) is 20.8 Å². The predicted molar refractivity (Wildman–Crippen MR) is 96.9 cm³/mol. The van der Waals surface area contributed by atoms with Crippen molar-refractivity contribution in [3.05, 3.63) is 58.7 Å². The van der Waals surface area contributed by atoms with Gasteiger partial charge in [-0.1, -0.05) is 19.1 Å². The Bertz CT molecular complexity index is 644. The van der Waals surface area contributed by atoms with Crippen molar-refractivity contribution in [2.24, 2.45) is 0 Å². The Kier molecular flexibility index (Phi) is 5.25. The van der Waals surface area contributed by atoms with E-state index in [0.717, 1.165) is 6.42 Å². The van der Waals surface area contributed by atoms with Crippen LogP contribution in [0.1, 0.15) is 43.0 Å². The first-order valence-electron chi connectivity index (χ1n) is 8.14. The minimum Gasteiger partial charge on any atom is -0.277 e. The first kappa shape index (κ1) is 16.6. The van der Waals surface area contributed by atoms with Crippen LogP contribution in [0.2, 0.25) is 0 Å². The van der Waals surface area contributed by atoms with Crippen molar-refractivity contribution >= 4 is 11.4 Å². The number of hydrogen-bond donors (Lipinski definition) is 1. The Hall–Kier alpha value is -1.80. The van der Waals surface area contributed by atoms with Crippen LogP contribution in [-0.2, 0) is 6.42 Å². The van der Waals surface area contributed by atoms with Gasteiger partial charge < -0.3 is 0 Å². The molecule has 2 nitrogen and oxygen atoms in total. The summed E-state index contributed by atoms with van der Waals surface area (Å²) in [5, 5.41) is 2.21. The molecule has 0 amide bonds. The number of nitrogens with one attached hydrogen (secondary N) is 1. The molecular formula is C20H28N2. The fourth-order valence-electron chi connectivity index (χ4n) is 2.59. The zero-order chi connectivity index (χ0) is 16.3. The van der Waals surface area contributed by atoms with Gasteiger partial charge in [0.15, 0.2) is 0 Å². The lowest BCUT2D eigenvalue weighted by Crippen LogP contribution is -2.39. The van der Waals surface area contributed by atoms with Gasteiger partial charge in [-0.05, 0) is 87.6 Å². The van der Waals surface area contributed by atoms with Gasteiger partial charge in [-0.15, -0.1) is 0 Å². The summed E-state index contributed by atoms with van der Waals surface area (Å²) in [6.07, 6.45) is 1.05. The Morgan fingerprint density at radius 3 is 2.23 bits per heavy atom. The average Bonchev–Trinajstić information content (AvgIpc) is 2.47. The standard InChI is InChI=1S/C20H28N2/c1-7-18-10-15(4)11-20(13-18)22(21-14(2)3)19-9-8-16(5)17(6)12-19/h8-14,21H,7H2,1-6H3. The summed E-state index contributed by atoms with van der Waals surface area (Å²) in [6.45, 7) is 13.0. The first-order chi connectivity index (χ1) is 10.4. The molecule has 0 fully saturated rings. The third-order valence-corrected chi connectivity index (χ3v) is 3.92. The third kappa shape index (κ3) is 3.89. The van der Waals surface area contributed by atoms with Crippen LogP contribution in [0.3, 0.4) is 0 Å². The fraction of sp³-hybridized carbons (Fsp3) is 0.400. The zero-order valence-corrected chi connectivity index (χ0v) is 14.7. The molecule has 2 heteroatoms. The van der Waals surface area contributed by atoms with Crippen molar-refractivity contribution in [3.8, 4) is 0 Å². The van der Waals surface area contributed by atoms with Crippen molar-refractivity contribution in [2.75, 3.05) is 5.01 Å². The van der Waals surface area contributed by atoms with Crippen molar-refractivity contribution in [3.63, 3.8) is 0 Å². The maximum atomic E-state index is 3.57. The molecule has 0 unspecified atom stereocenters. The number of benzene rings is 2. The van der Waals surface area contributed by atoms with Gasteiger partial charge in [-0.3, -0.25) is 5.01 Å². The van der Waals surface area contributed by atoms with E-state index in [1.165, 1.54) is 33.6 Å². The van der Waals surface area contributed by atoms with Crippen molar-refractivity contribution in [2.45, 2.75) is 54.0 Å². The molecule has 0 radical (unpaired) electrons. The fourth-order valence-corrected chi connectivity index (χ4v) is 2.59. The molecule has 0 aliphatic heterocycles. The van der Waals surface area contributed by atoms with Crippen LogP contribution in [0.5, 0.6) is 0 Å². The van der Waals surface area contributed by atoms with E-state index in [-0.39, 0.29) is 0 Å². The Labute approximate surface area is 135 Å². The van der Waals surface area contributed by atoms with Gasteiger partial charge >= 0.3 is 0 Å². The second-order valence-electron chi connectivity index (χ2n) is 6.42. The molecule has 0 heterocycles. The molecule has 2 rings (SSSR count). The number of nitrogens with zero attached hydrogens (tertiary/aromatic N) is 1. The summed E-state index contributed by atoms with van der Waals surface area (Å²) in [4.78, 5) is 0. The molecule has 0 saturated carbocycles. The summed E-state index contributed by atoms with van der Waals surface area (Å²) in [7, 11) is 0. The summed E-state index contributed by atoms with van der Waals surface area (Å²) in [6, 6.07) is 13.8. The van der Waals surface area contributed by atoms with E-state index in [1.54, 1.807) is 0 Å². The van der Waals surface area contributed by atoms with E-state index in [9.17, 15) is 0 Å². The second kappa shape index (κ2) is 6.97. The molecule has 1 N–H and O–H groups in total. The minimum atomic E-state index is 0.368. The molecule has 118 valence electrons. The molecule has 0 saturated heterocycles. The average molecular weight is 296 g/mol.